The maximum Gasteiger partial charge on any atom is 0.286 e. The van der Waals surface area contributed by atoms with Gasteiger partial charge in [0.15, 0.2) is 5.76 Å². The zero-order valence-corrected chi connectivity index (χ0v) is 12.6. The molecule has 2 rings (SSSR count). The molecule has 1 aromatic heterocycles. The minimum atomic E-state index is -0.147. The summed E-state index contributed by atoms with van der Waals surface area (Å²) in [7, 11) is 1.60. The highest BCUT2D eigenvalue weighted by Gasteiger charge is 2.14. The zero-order chi connectivity index (χ0) is 13.5. The predicted molar refractivity (Wildman–Crippen MR) is 79.2 cm³/mol. The second-order valence-corrected chi connectivity index (χ2v) is 4.96. The Balaban J connectivity index is 0.00000200. The number of halogens is 1. The summed E-state index contributed by atoms with van der Waals surface area (Å²) in [5.74, 6) is 1.55. The fourth-order valence-electron chi connectivity index (χ4n) is 2.37. The van der Waals surface area contributed by atoms with E-state index in [1.165, 1.54) is 12.8 Å². The molecule has 1 unspecified atom stereocenters. The first-order valence-electron chi connectivity index (χ1n) is 6.86. The van der Waals surface area contributed by atoms with Crippen LogP contribution in [0.2, 0.25) is 0 Å². The minimum absolute atomic E-state index is 0. The minimum Gasteiger partial charge on any atom is -0.453 e. The van der Waals surface area contributed by atoms with Crippen molar-refractivity contribution < 1.29 is 13.9 Å². The predicted octanol–water partition coefficient (Wildman–Crippen LogP) is 1.97. The third-order valence-electron chi connectivity index (χ3n) is 3.41. The molecule has 0 aromatic carbocycles. The second-order valence-electron chi connectivity index (χ2n) is 4.96. The first kappa shape index (κ1) is 17.0. The molecule has 6 heteroatoms. The molecule has 1 amide bonds. The molecule has 1 aromatic rings. The largest absolute Gasteiger partial charge is 0.453 e. The maximum atomic E-state index is 11.8. The van der Waals surface area contributed by atoms with Crippen LogP contribution in [0.1, 0.15) is 35.6 Å². The third kappa shape index (κ3) is 5.15. The van der Waals surface area contributed by atoms with E-state index in [-0.39, 0.29) is 18.3 Å². The molecule has 2 heterocycles. The molecule has 0 bridgehead atoms. The van der Waals surface area contributed by atoms with Crippen LogP contribution in [0, 0.1) is 5.92 Å². The van der Waals surface area contributed by atoms with E-state index in [0.29, 0.717) is 30.6 Å². The molecule has 1 fully saturated rings. The van der Waals surface area contributed by atoms with Crippen LogP contribution in [0.15, 0.2) is 16.5 Å². The van der Waals surface area contributed by atoms with E-state index >= 15 is 0 Å². The van der Waals surface area contributed by atoms with E-state index in [1.807, 2.05) is 0 Å². The molecule has 1 aliphatic rings. The number of carbonyl (C=O) groups is 1. The number of carbonyl (C=O) groups excluding carboxylic acids is 1. The van der Waals surface area contributed by atoms with Crippen molar-refractivity contribution in [2.24, 2.45) is 5.92 Å². The second kappa shape index (κ2) is 9.00. The van der Waals surface area contributed by atoms with E-state index in [4.69, 9.17) is 9.15 Å². The fraction of sp³-hybridized carbons (Fsp3) is 0.643. The Bertz CT molecular complexity index is 403. The maximum absolute atomic E-state index is 11.8. The highest BCUT2D eigenvalue weighted by atomic mass is 35.5. The number of furan rings is 1. The lowest BCUT2D eigenvalue weighted by Gasteiger charge is -2.22. The van der Waals surface area contributed by atoms with Crippen molar-refractivity contribution in [1.29, 1.82) is 0 Å². The Morgan fingerprint density at radius 2 is 2.40 bits per heavy atom. The Morgan fingerprint density at radius 1 is 1.55 bits per heavy atom. The summed E-state index contributed by atoms with van der Waals surface area (Å²) in [5, 5.41) is 6.28. The van der Waals surface area contributed by atoms with Crippen LogP contribution >= 0.6 is 12.4 Å². The topological polar surface area (TPSA) is 63.5 Å². The first-order chi connectivity index (χ1) is 9.29. The van der Waals surface area contributed by atoms with Crippen LogP contribution in [0.25, 0.3) is 0 Å². The number of amides is 1. The summed E-state index contributed by atoms with van der Waals surface area (Å²) in [6, 6.07) is 3.45. The molecule has 2 N–H and O–H groups in total. The van der Waals surface area contributed by atoms with Crippen molar-refractivity contribution >= 4 is 18.3 Å². The van der Waals surface area contributed by atoms with Crippen molar-refractivity contribution in [3.05, 3.63) is 23.7 Å². The molecular weight excluding hydrogens is 280 g/mol. The standard InChI is InChI=1S/C14H22N2O3.ClH/c1-18-10-12-4-5-13(19-12)14(17)16-8-6-11-3-2-7-15-9-11;/h4-5,11,15H,2-3,6-10H2,1H3,(H,16,17);1H. The van der Waals surface area contributed by atoms with Crippen molar-refractivity contribution in [3.8, 4) is 0 Å². The molecule has 20 heavy (non-hydrogen) atoms. The smallest absolute Gasteiger partial charge is 0.286 e. The molecular formula is C14H23ClN2O3. The van der Waals surface area contributed by atoms with Gasteiger partial charge in [-0.3, -0.25) is 4.79 Å². The Kier molecular flexibility index (Phi) is 7.65. The summed E-state index contributed by atoms with van der Waals surface area (Å²) in [4.78, 5) is 11.8. The van der Waals surface area contributed by atoms with Gasteiger partial charge in [0, 0.05) is 13.7 Å². The normalized spacial score (nSPS) is 18.4. The van der Waals surface area contributed by atoms with Crippen molar-refractivity contribution in [3.63, 3.8) is 0 Å². The van der Waals surface area contributed by atoms with Gasteiger partial charge in [-0.15, -0.1) is 12.4 Å². The van der Waals surface area contributed by atoms with Crippen LogP contribution in [0.4, 0.5) is 0 Å². The summed E-state index contributed by atoms with van der Waals surface area (Å²) < 4.78 is 10.3. The number of methoxy groups -OCH3 is 1. The number of piperidine rings is 1. The van der Waals surface area contributed by atoms with Crippen molar-refractivity contribution in [1.82, 2.24) is 10.6 Å². The highest BCUT2D eigenvalue weighted by molar-refractivity contribution is 5.91. The van der Waals surface area contributed by atoms with Gasteiger partial charge < -0.3 is 19.8 Å². The van der Waals surface area contributed by atoms with Gasteiger partial charge in [-0.05, 0) is 50.4 Å². The fourth-order valence-corrected chi connectivity index (χ4v) is 2.37. The molecule has 0 radical (unpaired) electrons. The SMILES string of the molecule is COCc1ccc(C(=O)NCCC2CCCNC2)o1.Cl. The van der Waals surface area contributed by atoms with Crippen molar-refractivity contribution in [2.45, 2.75) is 25.9 Å². The van der Waals surface area contributed by atoms with Crippen LogP contribution in [-0.2, 0) is 11.3 Å². The van der Waals surface area contributed by atoms with E-state index in [9.17, 15) is 4.79 Å². The number of nitrogens with one attached hydrogen (secondary N) is 2. The molecule has 114 valence electrons. The summed E-state index contributed by atoms with van der Waals surface area (Å²) in [6.45, 7) is 3.28. The summed E-state index contributed by atoms with van der Waals surface area (Å²) in [6.07, 6.45) is 3.50. The molecule has 0 aliphatic carbocycles. The Morgan fingerprint density at radius 3 is 3.10 bits per heavy atom. The third-order valence-corrected chi connectivity index (χ3v) is 3.41. The lowest BCUT2D eigenvalue weighted by atomic mass is 9.96. The number of hydrogen-bond donors (Lipinski definition) is 2. The van der Waals surface area contributed by atoms with Gasteiger partial charge in [0.25, 0.3) is 5.91 Å². The molecule has 1 atom stereocenters. The van der Waals surface area contributed by atoms with Gasteiger partial charge in [0.05, 0.1) is 0 Å². The number of rotatable bonds is 6. The van der Waals surface area contributed by atoms with Gasteiger partial charge in [0.1, 0.15) is 12.4 Å². The quantitative estimate of drug-likeness (QED) is 0.843. The first-order valence-corrected chi connectivity index (χ1v) is 6.86. The Labute approximate surface area is 125 Å². The molecule has 1 saturated heterocycles. The molecule has 0 saturated carbocycles. The van der Waals surface area contributed by atoms with Gasteiger partial charge in [-0.25, -0.2) is 0 Å². The van der Waals surface area contributed by atoms with Gasteiger partial charge in [-0.1, -0.05) is 0 Å². The van der Waals surface area contributed by atoms with E-state index in [1.54, 1.807) is 19.2 Å². The van der Waals surface area contributed by atoms with E-state index in [0.717, 1.165) is 19.5 Å². The van der Waals surface area contributed by atoms with Crippen molar-refractivity contribution in [2.75, 3.05) is 26.7 Å². The molecule has 0 spiro atoms. The zero-order valence-electron chi connectivity index (χ0n) is 11.8. The van der Waals surface area contributed by atoms with Gasteiger partial charge in [-0.2, -0.15) is 0 Å². The van der Waals surface area contributed by atoms with Gasteiger partial charge >= 0.3 is 0 Å². The summed E-state index contributed by atoms with van der Waals surface area (Å²) >= 11 is 0. The van der Waals surface area contributed by atoms with Crippen LogP contribution in [0.5, 0.6) is 0 Å². The molecule has 1 aliphatic heterocycles. The average Bonchev–Trinajstić information content (AvgIpc) is 2.89. The van der Waals surface area contributed by atoms with E-state index < -0.39 is 0 Å². The number of hydrogen-bond acceptors (Lipinski definition) is 4. The monoisotopic (exact) mass is 302 g/mol. The lowest BCUT2D eigenvalue weighted by molar-refractivity contribution is 0.0914. The summed E-state index contributed by atoms with van der Waals surface area (Å²) in [5.41, 5.74) is 0. The van der Waals surface area contributed by atoms with Crippen LogP contribution in [-0.4, -0.2) is 32.7 Å². The lowest BCUT2D eigenvalue weighted by Crippen LogP contribution is -2.33. The van der Waals surface area contributed by atoms with Gasteiger partial charge in [0.2, 0.25) is 0 Å². The molecule has 5 nitrogen and oxygen atoms in total. The Hall–Kier alpha value is -1.04. The average molecular weight is 303 g/mol. The van der Waals surface area contributed by atoms with Crippen LogP contribution < -0.4 is 10.6 Å². The van der Waals surface area contributed by atoms with E-state index in [2.05, 4.69) is 10.6 Å². The van der Waals surface area contributed by atoms with Crippen LogP contribution in [0.3, 0.4) is 0 Å². The highest BCUT2D eigenvalue weighted by Crippen LogP contribution is 2.13. The number of ether oxygens (including phenoxy) is 1.